The van der Waals surface area contributed by atoms with Crippen LogP contribution in [0.1, 0.15) is 41.5 Å². The van der Waals surface area contributed by atoms with Crippen LogP contribution < -0.4 is 5.32 Å². The van der Waals surface area contributed by atoms with Gasteiger partial charge in [0.2, 0.25) is 0 Å². The quantitative estimate of drug-likeness (QED) is 0.694. The van der Waals surface area contributed by atoms with Gasteiger partial charge in [-0.3, -0.25) is 4.90 Å². The smallest absolute Gasteiger partial charge is 0.0252 e. The number of hydrogen-bond acceptors (Lipinski definition) is 2. The molecule has 2 heteroatoms. The van der Waals surface area contributed by atoms with Crippen LogP contribution in [-0.2, 0) is 0 Å². The van der Waals surface area contributed by atoms with Crippen LogP contribution in [-0.4, -0.2) is 36.1 Å². The minimum atomic E-state index is 0.248. The Morgan fingerprint density at radius 1 is 1.07 bits per heavy atom. The predicted molar refractivity (Wildman–Crippen MR) is 62.6 cm³/mol. The molecule has 0 atom stereocenters. The molecule has 2 nitrogen and oxygen atoms in total. The molecule has 1 aliphatic rings. The molecule has 1 fully saturated rings. The van der Waals surface area contributed by atoms with Crippen LogP contribution in [0.15, 0.2) is 0 Å². The van der Waals surface area contributed by atoms with E-state index >= 15 is 0 Å². The van der Waals surface area contributed by atoms with Gasteiger partial charge in [-0.25, -0.2) is 0 Å². The second-order valence-corrected chi connectivity index (χ2v) is 6.40. The summed E-state index contributed by atoms with van der Waals surface area (Å²) in [4.78, 5) is 2.58. The minimum Gasteiger partial charge on any atom is -0.310 e. The van der Waals surface area contributed by atoms with Crippen molar-refractivity contribution in [3.8, 4) is 0 Å². The highest BCUT2D eigenvalue weighted by molar-refractivity contribution is 4.91. The van der Waals surface area contributed by atoms with Crippen LogP contribution in [0.2, 0.25) is 0 Å². The maximum absolute atomic E-state index is 3.65. The van der Waals surface area contributed by atoms with Gasteiger partial charge in [0.25, 0.3) is 0 Å². The molecule has 1 rings (SSSR count). The van der Waals surface area contributed by atoms with Gasteiger partial charge in [-0.1, -0.05) is 13.8 Å². The van der Waals surface area contributed by atoms with Crippen molar-refractivity contribution >= 4 is 0 Å². The molecule has 0 unspecified atom stereocenters. The summed E-state index contributed by atoms with van der Waals surface area (Å²) in [5.41, 5.74) is 0.635. The molecule has 0 saturated carbocycles. The van der Waals surface area contributed by atoms with Crippen molar-refractivity contribution in [3.05, 3.63) is 0 Å². The van der Waals surface area contributed by atoms with Crippen molar-refractivity contribution in [1.29, 1.82) is 0 Å². The van der Waals surface area contributed by atoms with Crippen molar-refractivity contribution in [1.82, 2.24) is 10.2 Å². The summed E-state index contributed by atoms with van der Waals surface area (Å²) >= 11 is 0. The van der Waals surface area contributed by atoms with Crippen LogP contribution in [0.3, 0.4) is 0 Å². The van der Waals surface area contributed by atoms with E-state index in [0.717, 1.165) is 13.1 Å². The van der Waals surface area contributed by atoms with Crippen LogP contribution in [0.25, 0.3) is 0 Å². The van der Waals surface area contributed by atoms with Crippen LogP contribution in [0.5, 0.6) is 0 Å². The van der Waals surface area contributed by atoms with Crippen LogP contribution in [0, 0.1) is 5.41 Å². The molecule has 14 heavy (non-hydrogen) atoms. The van der Waals surface area contributed by atoms with Gasteiger partial charge in [-0.2, -0.15) is 0 Å². The largest absolute Gasteiger partial charge is 0.310 e. The summed E-state index contributed by atoms with van der Waals surface area (Å²) in [5.74, 6) is 0. The van der Waals surface area contributed by atoms with Gasteiger partial charge in [-0.15, -0.1) is 0 Å². The van der Waals surface area contributed by atoms with Crippen LogP contribution >= 0.6 is 0 Å². The average molecular weight is 198 g/mol. The fourth-order valence-electron chi connectivity index (χ4n) is 2.07. The molecule has 1 saturated heterocycles. The number of nitrogens with one attached hydrogen (secondary N) is 1. The average Bonchev–Trinajstić information content (AvgIpc) is 2.08. The lowest BCUT2D eigenvalue weighted by atomic mass is 9.93. The molecule has 1 heterocycles. The summed E-state index contributed by atoms with van der Waals surface area (Å²) < 4.78 is 0. The van der Waals surface area contributed by atoms with Gasteiger partial charge in [0.1, 0.15) is 0 Å². The Kier molecular flexibility index (Phi) is 3.27. The molecule has 0 radical (unpaired) electrons. The fraction of sp³-hybridized carbons (Fsp3) is 1.00. The summed E-state index contributed by atoms with van der Waals surface area (Å²) in [7, 11) is 0. The van der Waals surface area contributed by atoms with Gasteiger partial charge in [-0.05, 0) is 33.1 Å². The fourth-order valence-corrected chi connectivity index (χ4v) is 2.07. The van der Waals surface area contributed by atoms with E-state index in [2.05, 4.69) is 51.8 Å². The second-order valence-electron chi connectivity index (χ2n) is 6.40. The molecular weight excluding hydrogens is 172 g/mol. The number of rotatable bonds is 1. The highest BCUT2D eigenvalue weighted by atomic mass is 15.2. The summed E-state index contributed by atoms with van der Waals surface area (Å²) in [6.45, 7) is 17.3. The van der Waals surface area contributed by atoms with Crippen molar-refractivity contribution in [2.24, 2.45) is 5.41 Å². The third-order valence-corrected chi connectivity index (χ3v) is 3.01. The van der Waals surface area contributed by atoms with Gasteiger partial charge < -0.3 is 5.32 Å². The molecule has 1 aliphatic heterocycles. The molecule has 84 valence electrons. The van der Waals surface area contributed by atoms with E-state index in [9.17, 15) is 0 Å². The zero-order valence-electron chi connectivity index (χ0n) is 10.6. The van der Waals surface area contributed by atoms with Gasteiger partial charge in [0, 0.05) is 31.2 Å². The first kappa shape index (κ1) is 12.0. The third-order valence-electron chi connectivity index (χ3n) is 3.01. The highest BCUT2D eigenvalue weighted by Gasteiger charge is 2.33. The van der Waals surface area contributed by atoms with Crippen LogP contribution in [0.4, 0.5) is 0 Å². The van der Waals surface area contributed by atoms with Crippen molar-refractivity contribution < 1.29 is 0 Å². The molecule has 1 N–H and O–H groups in total. The SMILES string of the molecule is CC(C)N1CC(C)(C)CNC(C)(C)C1. The summed E-state index contributed by atoms with van der Waals surface area (Å²) in [5, 5.41) is 3.65. The molecular formula is C12H26N2. The molecule has 0 aromatic heterocycles. The maximum atomic E-state index is 3.65. The third kappa shape index (κ3) is 3.25. The van der Waals surface area contributed by atoms with E-state index in [1.807, 2.05) is 0 Å². The number of hydrogen-bond donors (Lipinski definition) is 1. The molecule has 0 aromatic rings. The van der Waals surface area contributed by atoms with Crippen molar-refractivity contribution in [2.75, 3.05) is 19.6 Å². The Hall–Kier alpha value is -0.0800. The van der Waals surface area contributed by atoms with Gasteiger partial charge >= 0.3 is 0 Å². The zero-order valence-corrected chi connectivity index (χ0v) is 10.6. The Morgan fingerprint density at radius 3 is 2.14 bits per heavy atom. The molecule has 0 bridgehead atoms. The minimum absolute atomic E-state index is 0.248. The van der Waals surface area contributed by atoms with Crippen molar-refractivity contribution in [3.63, 3.8) is 0 Å². The lowest BCUT2D eigenvalue weighted by molar-refractivity contribution is 0.153. The Labute approximate surface area is 89.1 Å². The summed E-state index contributed by atoms with van der Waals surface area (Å²) in [6, 6.07) is 0.647. The van der Waals surface area contributed by atoms with Gasteiger partial charge in [0.15, 0.2) is 0 Å². The highest BCUT2D eigenvalue weighted by Crippen LogP contribution is 2.23. The monoisotopic (exact) mass is 198 g/mol. The van der Waals surface area contributed by atoms with E-state index in [4.69, 9.17) is 0 Å². The Morgan fingerprint density at radius 2 is 1.64 bits per heavy atom. The maximum Gasteiger partial charge on any atom is 0.0252 e. The van der Waals surface area contributed by atoms with Crippen molar-refractivity contribution in [2.45, 2.75) is 53.1 Å². The van der Waals surface area contributed by atoms with E-state index in [-0.39, 0.29) is 5.54 Å². The molecule has 0 amide bonds. The predicted octanol–water partition coefficient (Wildman–Crippen LogP) is 2.10. The first-order valence-electron chi connectivity index (χ1n) is 5.71. The summed E-state index contributed by atoms with van der Waals surface area (Å²) in [6.07, 6.45) is 0. The Balaban J connectivity index is 2.76. The first-order chi connectivity index (χ1) is 6.22. The van der Waals surface area contributed by atoms with E-state index in [0.29, 0.717) is 11.5 Å². The first-order valence-corrected chi connectivity index (χ1v) is 5.71. The lowest BCUT2D eigenvalue weighted by Gasteiger charge is -2.33. The molecule has 0 aliphatic carbocycles. The normalized spacial score (nSPS) is 27.6. The molecule has 0 aromatic carbocycles. The topological polar surface area (TPSA) is 15.3 Å². The van der Waals surface area contributed by atoms with Gasteiger partial charge in [0.05, 0.1) is 0 Å². The van der Waals surface area contributed by atoms with E-state index in [1.54, 1.807) is 0 Å². The standard InChI is InChI=1S/C12H26N2/c1-10(2)14-8-11(3,4)7-13-12(5,6)9-14/h10,13H,7-9H2,1-6H3. The lowest BCUT2D eigenvalue weighted by Crippen LogP contribution is -2.48. The van der Waals surface area contributed by atoms with E-state index < -0.39 is 0 Å². The molecule has 0 spiro atoms. The number of nitrogens with zero attached hydrogens (tertiary/aromatic N) is 1. The Bertz CT molecular complexity index is 176. The zero-order chi connectivity index (χ0) is 11.0. The van der Waals surface area contributed by atoms with E-state index in [1.165, 1.54) is 6.54 Å². The second kappa shape index (κ2) is 3.82.